The number of aliphatic imine (C=N–C) groups is 2. The third-order valence-electron chi connectivity index (χ3n) is 6.03. The van der Waals surface area contributed by atoms with E-state index in [0.717, 1.165) is 5.56 Å². The van der Waals surface area contributed by atoms with Crippen molar-refractivity contribution in [3.8, 4) is 0 Å². The molecule has 0 aliphatic heterocycles. The monoisotopic (exact) mass is 338 g/mol. The molecule has 0 saturated heterocycles. The zero-order valence-electron chi connectivity index (χ0n) is 14.7. The van der Waals surface area contributed by atoms with Crippen LogP contribution in [0.5, 0.6) is 0 Å². The average Bonchev–Trinajstić information content (AvgIpc) is 2.66. The van der Waals surface area contributed by atoms with Gasteiger partial charge in [-0.1, -0.05) is 44.6 Å². The Labute approximate surface area is 149 Å². The lowest BCUT2D eigenvalue weighted by Gasteiger charge is -2.38. The van der Waals surface area contributed by atoms with E-state index in [2.05, 4.69) is 9.98 Å². The molecule has 4 nitrogen and oxygen atoms in total. The summed E-state index contributed by atoms with van der Waals surface area (Å²) < 4.78 is 0. The van der Waals surface area contributed by atoms with Crippen LogP contribution in [-0.2, 0) is 9.59 Å². The highest BCUT2D eigenvalue weighted by Crippen LogP contribution is 2.48. The van der Waals surface area contributed by atoms with Gasteiger partial charge in [0.15, 0.2) is 0 Å². The van der Waals surface area contributed by atoms with Gasteiger partial charge in [-0.3, -0.25) is 0 Å². The Morgan fingerprint density at radius 2 is 1.36 bits per heavy atom. The average molecular weight is 338 g/mol. The highest BCUT2D eigenvalue weighted by atomic mass is 16.1. The van der Waals surface area contributed by atoms with Gasteiger partial charge in [0, 0.05) is 0 Å². The molecule has 0 aromatic heterocycles. The molecule has 0 heterocycles. The van der Waals surface area contributed by atoms with E-state index >= 15 is 0 Å². The van der Waals surface area contributed by atoms with Crippen molar-refractivity contribution in [3.05, 3.63) is 23.8 Å². The fourth-order valence-corrected chi connectivity index (χ4v) is 4.96. The molecule has 0 amide bonds. The zero-order valence-corrected chi connectivity index (χ0v) is 14.7. The van der Waals surface area contributed by atoms with Crippen LogP contribution in [0.25, 0.3) is 0 Å². The third kappa shape index (κ3) is 4.34. The predicted octanol–water partition coefficient (Wildman–Crippen LogP) is 5.87. The van der Waals surface area contributed by atoms with Gasteiger partial charge in [-0.25, -0.2) is 9.59 Å². The molecule has 2 saturated carbocycles. The molecule has 2 fully saturated rings. The summed E-state index contributed by atoms with van der Waals surface area (Å²) in [5, 5.41) is 0. The van der Waals surface area contributed by atoms with Crippen molar-refractivity contribution in [3.63, 3.8) is 0 Å². The van der Waals surface area contributed by atoms with E-state index < -0.39 is 0 Å². The summed E-state index contributed by atoms with van der Waals surface area (Å²) in [6.45, 7) is 0. The Hall–Kier alpha value is -2.02. The summed E-state index contributed by atoms with van der Waals surface area (Å²) >= 11 is 0. The molecule has 0 atom stereocenters. The first kappa shape index (κ1) is 17.8. The number of carbonyl (C=O) groups excluding carboxylic acids is 2. The van der Waals surface area contributed by atoms with E-state index in [1.807, 2.05) is 12.1 Å². The zero-order chi connectivity index (χ0) is 17.5. The second-order valence-electron chi connectivity index (χ2n) is 7.47. The van der Waals surface area contributed by atoms with E-state index in [4.69, 9.17) is 0 Å². The molecule has 3 rings (SSSR count). The van der Waals surface area contributed by atoms with Gasteiger partial charge >= 0.3 is 0 Å². The second kappa shape index (κ2) is 8.89. The van der Waals surface area contributed by atoms with Crippen molar-refractivity contribution >= 4 is 23.5 Å². The van der Waals surface area contributed by atoms with Gasteiger partial charge in [-0.05, 0) is 61.1 Å². The smallest absolute Gasteiger partial charge is 0.211 e. The SMILES string of the molecule is O=C=Nc1ccc(C(C2CCCCC2)C2CCCCC2)c(N=C=O)c1. The number of benzene rings is 1. The van der Waals surface area contributed by atoms with Gasteiger partial charge in [-0.15, -0.1) is 0 Å². The topological polar surface area (TPSA) is 58.9 Å². The van der Waals surface area contributed by atoms with Gasteiger partial charge in [0.25, 0.3) is 0 Å². The summed E-state index contributed by atoms with van der Waals surface area (Å²) in [5.41, 5.74) is 2.28. The van der Waals surface area contributed by atoms with E-state index in [-0.39, 0.29) is 0 Å². The maximum absolute atomic E-state index is 11.0. The summed E-state index contributed by atoms with van der Waals surface area (Å²) in [4.78, 5) is 29.2. The van der Waals surface area contributed by atoms with Crippen molar-refractivity contribution in [2.45, 2.75) is 70.1 Å². The van der Waals surface area contributed by atoms with Gasteiger partial charge in [0.1, 0.15) is 0 Å². The predicted molar refractivity (Wildman–Crippen MR) is 97.9 cm³/mol. The molecule has 0 bridgehead atoms. The number of isocyanates is 2. The van der Waals surface area contributed by atoms with Gasteiger partial charge < -0.3 is 0 Å². The first-order valence-electron chi connectivity index (χ1n) is 9.63. The van der Waals surface area contributed by atoms with Gasteiger partial charge in [-0.2, -0.15) is 9.98 Å². The van der Waals surface area contributed by atoms with E-state index in [9.17, 15) is 9.59 Å². The van der Waals surface area contributed by atoms with Crippen LogP contribution in [0.4, 0.5) is 11.4 Å². The standard InChI is InChI=1S/C21H26N2O2/c24-14-22-18-11-12-19(20(13-18)23-15-25)21(16-7-3-1-4-8-16)17-9-5-2-6-10-17/h11-13,16-17,21H,1-10H2. The molecular formula is C21H26N2O2. The lowest BCUT2D eigenvalue weighted by Crippen LogP contribution is -2.25. The fraction of sp³-hybridized carbons (Fsp3) is 0.619. The number of rotatable bonds is 5. The van der Waals surface area contributed by atoms with Crippen LogP contribution >= 0.6 is 0 Å². The highest BCUT2D eigenvalue weighted by Gasteiger charge is 2.34. The molecular weight excluding hydrogens is 312 g/mol. The molecule has 2 aliphatic carbocycles. The summed E-state index contributed by atoms with van der Waals surface area (Å²) in [6.07, 6.45) is 16.2. The lowest BCUT2D eigenvalue weighted by molar-refractivity contribution is 0.203. The Balaban J connectivity index is 2.01. The van der Waals surface area contributed by atoms with Crippen LogP contribution in [-0.4, -0.2) is 12.2 Å². The molecule has 0 radical (unpaired) electrons. The molecule has 1 aromatic carbocycles. The normalized spacial score (nSPS) is 19.2. The molecule has 4 heteroatoms. The minimum Gasteiger partial charge on any atom is -0.211 e. The Morgan fingerprint density at radius 1 is 0.800 bits per heavy atom. The molecule has 0 unspecified atom stereocenters. The highest BCUT2D eigenvalue weighted by molar-refractivity contribution is 5.63. The Morgan fingerprint density at radius 3 is 1.88 bits per heavy atom. The van der Waals surface area contributed by atoms with Crippen LogP contribution in [0.1, 0.15) is 75.7 Å². The number of hydrogen-bond acceptors (Lipinski definition) is 4. The first-order chi connectivity index (χ1) is 12.3. The second-order valence-corrected chi connectivity index (χ2v) is 7.47. The van der Waals surface area contributed by atoms with Crippen molar-refractivity contribution in [2.24, 2.45) is 21.8 Å². The van der Waals surface area contributed by atoms with Crippen molar-refractivity contribution in [1.29, 1.82) is 0 Å². The Bertz CT molecular complexity index is 657. The van der Waals surface area contributed by atoms with Gasteiger partial charge in [0.2, 0.25) is 12.2 Å². The maximum atomic E-state index is 11.0. The van der Waals surface area contributed by atoms with Crippen LogP contribution in [0.3, 0.4) is 0 Å². The van der Waals surface area contributed by atoms with E-state index in [1.54, 1.807) is 18.2 Å². The molecule has 2 aliphatic rings. The molecule has 25 heavy (non-hydrogen) atoms. The third-order valence-corrected chi connectivity index (χ3v) is 6.03. The Kier molecular flexibility index (Phi) is 6.33. The molecule has 132 valence electrons. The van der Waals surface area contributed by atoms with E-state index in [0.29, 0.717) is 29.1 Å². The minimum absolute atomic E-state index is 0.446. The number of hydrogen-bond donors (Lipinski definition) is 0. The van der Waals surface area contributed by atoms with Crippen molar-refractivity contribution < 1.29 is 9.59 Å². The van der Waals surface area contributed by atoms with Crippen molar-refractivity contribution in [2.75, 3.05) is 0 Å². The molecule has 1 aromatic rings. The largest absolute Gasteiger partial charge is 0.240 e. The summed E-state index contributed by atoms with van der Waals surface area (Å²) in [5.74, 6) is 1.78. The van der Waals surface area contributed by atoms with Crippen LogP contribution in [0.15, 0.2) is 28.2 Å². The fourth-order valence-electron chi connectivity index (χ4n) is 4.96. The van der Waals surface area contributed by atoms with Crippen LogP contribution < -0.4 is 0 Å². The van der Waals surface area contributed by atoms with Crippen LogP contribution in [0, 0.1) is 11.8 Å². The lowest BCUT2D eigenvalue weighted by atomic mass is 9.66. The van der Waals surface area contributed by atoms with Crippen molar-refractivity contribution in [1.82, 2.24) is 0 Å². The van der Waals surface area contributed by atoms with Crippen LogP contribution in [0.2, 0.25) is 0 Å². The minimum atomic E-state index is 0.446. The molecule has 0 N–H and O–H groups in total. The molecule has 0 spiro atoms. The maximum Gasteiger partial charge on any atom is 0.240 e. The van der Waals surface area contributed by atoms with E-state index in [1.165, 1.54) is 64.2 Å². The summed E-state index contributed by atoms with van der Waals surface area (Å²) in [6, 6.07) is 5.60. The number of nitrogens with zero attached hydrogens (tertiary/aromatic N) is 2. The van der Waals surface area contributed by atoms with Gasteiger partial charge in [0.05, 0.1) is 11.4 Å². The first-order valence-corrected chi connectivity index (χ1v) is 9.63. The summed E-state index contributed by atoms with van der Waals surface area (Å²) in [7, 11) is 0. The quantitative estimate of drug-likeness (QED) is 0.498.